The van der Waals surface area contributed by atoms with E-state index in [1.807, 2.05) is 18.3 Å². The van der Waals surface area contributed by atoms with Gasteiger partial charge in [-0.2, -0.15) is 0 Å². The van der Waals surface area contributed by atoms with Crippen LogP contribution in [-0.4, -0.2) is 40.6 Å². The molecule has 0 saturated carbocycles. The van der Waals surface area contributed by atoms with Crippen molar-refractivity contribution < 1.29 is 14.3 Å². The summed E-state index contributed by atoms with van der Waals surface area (Å²) >= 11 is 0. The Morgan fingerprint density at radius 2 is 2.00 bits per heavy atom. The van der Waals surface area contributed by atoms with Gasteiger partial charge in [0.2, 0.25) is 0 Å². The lowest BCUT2D eigenvalue weighted by Gasteiger charge is -2.17. The van der Waals surface area contributed by atoms with E-state index in [0.29, 0.717) is 22.8 Å². The first-order valence-corrected chi connectivity index (χ1v) is 9.91. The molecule has 3 aliphatic heterocycles. The van der Waals surface area contributed by atoms with Crippen molar-refractivity contribution >= 4 is 34.4 Å². The zero-order chi connectivity index (χ0) is 21.1. The number of nitrogens with one attached hydrogen (secondary N) is 1. The number of benzene rings is 1. The smallest absolute Gasteiger partial charge is 0.261 e. The highest BCUT2D eigenvalue weighted by Gasteiger charge is 2.38. The second kappa shape index (κ2) is 6.40. The van der Waals surface area contributed by atoms with Gasteiger partial charge in [-0.25, -0.2) is 4.98 Å². The number of ether oxygens (including phenoxy) is 1. The van der Waals surface area contributed by atoms with Crippen LogP contribution in [0.25, 0.3) is 11.2 Å². The van der Waals surface area contributed by atoms with Gasteiger partial charge < -0.3 is 9.64 Å². The lowest BCUT2D eigenvalue weighted by molar-refractivity contribution is -0.123. The molecule has 1 N–H and O–H groups in total. The molecule has 0 fully saturated rings. The van der Waals surface area contributed by atoms with Crippen LogP contribution in [0.3, 0.4) is 0 Å². The number of imide groups is 1. The maximum absolute atomic E-state index is 13.0. The van der Waals surface area contributed by atoms with E-state index < -0.39 is 11.8 Å². The number of amides is 2. The summed E-state index contributed by atoms with van der Waals surface area (Å²) in [6.45, 7) is 0.859. The molecule has 0 bridgehead atoms. The number of rotatable bonds is 3. The second-order valence-electron chi connectivity index (χ2n) is 7.50. The van der Waals surface area contributed by atoms with Crippen molar-refractivity contribution in [2.75, 3.05) is 18.6 Å². The van der Waals surface area contributed by atoms with Gasteiger partial charge in [-0.3, -0.25) is 24.3 Å². The van der Waals surface area contributed by atoms with E-state index in [9.17, 15) is 9.59 Å². The van der Waals surface area contributed by atoms with E-state index in [-0.39, 0.29) is 11.1 Å². The van der Waals surface area contributed by atoms with Gasteiger partial charge in [-0.1, -0.05) is 18.2 Å². The number of imidazole rings is 1. The summed E-state index contributed by atoms with van der Waals surface area (Å²) in [7, 11) is 1.58. The van der Waals surface area contributed by atoms with Crippen molar-refractivity contribution in [2.45, 2.75) is 6.42 Å². The highest BCUT2D eigenvalue weighted by molar-refractivity contribution is 6.47. The molecule has 0 unspecified atom stereocenters. The number of methoxy groups -OCH3 is 1. The fraction of sp³-hybridized carbons (Fsp3) is 0.130. The number of nitrogens with zero attached hydrogens (tertiary/aromatic N) is 4. The zero-order valence-corrected chi connectivity index (χ0v) is 16.6. The molecule has 152 valence electrons. The Labute approximate surface area is 177 Å². The van der Waals surface area contributed by atoms with E-state index in [2.05, 4.69) is 26.3 Å². The number of aliphatic imine (C=N–C) groups is 1. The van der Waals surface area contributed by atoms with Gasteiger partial charge in [-0.05, 0) is 18.1 Å². The topological polar surface area (TPSA) is 88.3 Å². The molecule has 3 aliphatic rings. The van der Waals surface area contributed by atoms with Gasteiger partial charge in [0.05, 0.1) is 41.5 Å². The molecule has 3 aromatic rings. The molecular formula is C23H17N5O3. The van der Waals surface area contributed by atoms with Crippen LogP contribution in [-0.2, 0) is 16.0 Å². The molecule has 2 aromatic heterocycles. The number of aromatic nitrogens is 2. The number of carbonyl (C=O) groups is 2. The summed E-state index contributed by atoms with van der Waals surface area (Å²) in [5.74, 6) is -0.262. The average molecular weight is 411 g/mol. The van der Waals surface area contributed by atoms with Gasteiger partial charge in [0.15, 0.2) is 0 Å². The van der Waals surface area contributed by atoms with Gasteiger partial charge >= 0.3 is 0 Å². The first-order valence-electron chi connectivity index (χ1n) is 9.91. The molecule has 0 radical (unpaired) electrons. The lowest BCUT2D eigenvalue weighted by Crippen LogP contribution is -2.25. The minimum atomic E-state index is -0.460. The van der Waals surface area contributed by atoms with Crippen LogP contribution < -0.4 is 15.0 Å². The second-order valence-corrected chi connectivity index (χ2v) is 7.50. The highest BCUT2D eigenvalue weighted by Crippen LogP contribution is 2.37. The van der Waals surface area contributed by atoms with Crippen molar-refractivity contribution in [3.8, 4) is 5.75 Å². The summed E-state index contributed by atoms with van der Waals surface area (Å²) < 4.78 is 7.03. The average Bonchev–Trinajstić information content (AvgIpc) is 3.42. The van der Waals surface area contributed by atoms with Gasteiger partial charge in [-0.15, -0.1) is 0 Å². The van der Waals surface area contributed by atoms with Crippen molar-refractivity contribution in [2.24, 2.45) is 4.99 Å². The molecule has 0 atom stereocenters. The molecule has 5 heterocycles. The monoisotopic (exact) mass is 411 g/mol. The van der Waals surface area contributed by atoms with Crippen LogP contribution >= 0.6 is 0 Å². The van der Waals surface area contributed by atoms with E-state index in [0.717, 1.165) is 24.2 Å². The van der Waals surface area contributed by atoms with E-state index in [1.165, 1.54) is 5.56 Å². The number of pyridine rings is 1. The Bertz CT molecular complexity index is 1400. The van der Waals surface area contributed by atoms with Crippen LogP contribution in [0.1, 0.15) is 16.8 Å². The molecule has 0 aliphatic carbocycles. The molecular weight excluding hydrogens is 394 g/mol. The summed E-state index contributed by atoms with van der Waals surface area (Å²) in [5.41, 5.74) is 5.22. The maximum atomic E-state index is 13.0. The minimum absolute atomic E-state index is 0.259. The zero-order valence-electron chi connectivity index (χ0n) is 16.6. The largest absolute Gasteiger partial charge is 0.497 e. The van der Waals surface area contributed by atoms with Crippen LogP contribution in [0.5, 0.6) is 5.75 Å². The molecule has 0 saturated heterocycles. The van der Waals surface area contributed by atoms with Crippen LogP contribution in [0, 0.1) is 0 Å². The highest BCUT2D eigenvalue weighted by atomic mass is 16.5. The van der Waals surface area contributed by atoms with Gasteiger partial charge in [0.1, 0.15) is 11.4 Å². The third kappa shape index (κ3) is 2.48. The first kappa shape index (κ1) is 17.6. The normalized spacial score (nSPS) is 17.2. The Kier molecular flexibility index (Phi) is 3.64. The van der Waals surface area contributed by atoms with E-state index in [1.54, 1.807) is 42.2 Å². The predicted molar refractivity (Wildman–Crippen MR) is 115 cm³/mol. The standard InChI is InChI=1S/C23H17N5O3/c1-31-14-6-9-28-16(12-25-17(28)11-14)18-19(23(30)26-22(18)29)20-15-4-2-3-13-5-8-27(21(13)15)10-7-24-20/h2-4,6-7,9-12H,5,8H2,1H3,(H,26,29,30). The Balaban J connectivity index is 1.61. The molecule has 6 rings (SSSR count). The van der Waals surface area contributed by atoms with Crippen LogP contribution in [0.2, 0.25) is 0 Å². The number of fused-ring (bicyclic) bond motifs is 1. The van der Waals surface area contributed by atoms with Crippen molar-refractivity contribution in [3.05, 3.63) is 77.5 Å². The predicted octanol–water partition coefficient (Wildman–Crippen LogP) is 2.09. The van der Waals surface area contributed by atoms with Crippen LogP contribution in [0.4, 0.5) is 5.69 Å². The number of hydrogen-bond donors (Lipinski definition) is 1. The first-order chi connectivity index (χ1) is 15.2. The molecule has 2 amide bonds. The molecule has 31 heavy (non-hydrogen) atoms. The third-order valence-electron chi connectivity index (χ3n) is 5.88. The summed E-state index contributed by atoms with van der Waals surface area (Å²) in [4.78, 5) is 37.0. The fourth-order valence-electron chi connectivity index (χ4n) is 4.48. The molecule has 0 spiro atoms. The molecule has 8 heteroatoms. The Morgan fingerprint density at radius 3 is 2.87 bits per heavy atom. The number of hydrogen-bond acceptors (Lipinski definition) is 6. The molecule has 8 nitrogen and oxygen atoms in total. The van der Waals surface area contributed by atoms with Crippen molar-refractivity contribution in [3.63, 3.8) is 0 Å². The van der Waals surface area contributed by atoms with E-state index >= 15 is 0 Å². The Hall–Kier alpha value is -4.20. The van der Waals surface area contributed by atoms with Crippen molar-refractivity contribution in [1.82, 2.24) is 14.7 Å². The third-order valence-corrected chi connectivity index (χ3v) is 5.88. The fourth-order valence-corrected chi connectivity index (χ4v) is 4.48. The number of para-hydroxylation sites is 1. The lowest BCUT2D eigenvalue weighted by atomic mass is 9.94. The van der Waals surface area contributed by atoms with Crippen LogP contribution in [0.15, 0.2) is 65.7 Å². The minimum Gasteiger partial charge on any atom is -0.497 e. The summed E-state index contributed by atoms with van der Waals surface area (Å²) in [5, 5.41) is 2.45. The van der Waals surface area contributed by atoms with Crippen molar-refractivity contribution in [1.29, 1.82) is 0 Å². The van der Waals surface area contributed by atoms with E-state index in [4.69, 9.17) is 4.74 Å². The SMILES string of the molecule is COc1ccn2c(C3=C(C4=NC=CN5CCc6cccc4c65)C(=O)NC3=O)cnc2c1. The summed E-state index contributed by atoms with van der Waals surface area (Å²) in [6.07, 6.45) is 7.89. The quantitative estimate of drug-likeness (QED) is 0.667. The van der Waals surface area contributed by atoms with Gasteiger partial charge in [0, 0.05) is 36.8 Å². The Morgan fingerprint density at radius 1 is 1.13 bits per heavy atom. The number of carbonyl (C=O) groups excluding carboxylic acids is 2. The number of anilines is 1. The van der Waals surface area contributed by atoms with Gasteiger partial charge in [0.25, 0.3) is 11.8 Å². The maximum Gasteiger partial charge on any atom is 0.261 e. The molecule has 1 aromatic carbocycles. The summed E-state index contributed by atoms with van der Waals surface area (Å²) in [6, 6.07) is 9.55.